The molecule has 19 heavy (non-hydrogen) atoms. The Bertz CT molecular complexity index is 414. The third kappa shape index (κ3) is 4.47. The number of nitrogens with one attached hydrogen (secondary N) is 2. The molecule has 1 fully saturated rings. The molecule has 0 radical (unpaired) electrons. The van der Waals surface area contributed by atoms with Gasteiger partial charge in [-0.3, -0.25) is 0 Å². The Kier molecular flexibility index (Phi) is 5.15. The summed E-state index contributed by atoms with van der Waals surface area (Å²) in [5.41, 5.74) is 0. The molecular formula is C13H21N3O2S. The Labute approximate surface area is 117 Å². The number of nitrogens with zero attached hydrogens (tertiary/aromatic N) is 1. The number of carbonyl (C=O) groups is 1. The van der Waals surface area contributed by atoms with E-state index in [1.165, 1.54) is 4.88 Å². The number of aliphatic hydroxyl groups is 1. The summed E-state index contributed by atoms with van der Waals surface area (Å²) in [6.07, 6.45) is 5.91. The van der Waals surface area contributed by atoms with Crippen molar-refractivity contribution in [2.75, 3.05) is 0 Å². The Balaban J connectivity index is 1.69. The standard InChI is InChI=1S/C13H21N3O2S/c1-2-11-7-14-12(19-11)8-15-13(18)16-9-3-5-10(17)6-4-9/h7,9-10,17H,2-6,8H2,1H3,(H2,15,16,18). The van der Waals surface area contributed by atoms with Crippen molar-refractivity contribution in [1.82, 2.24) is 15.6 Å². The molecule has 0 atom stereocenters. The van der Waals surface area contributed by atoms with E-state index >= 15 is 0 Å². The third-order valence-electron chi connectivity index (χ3n) is 3.38. The van der Waals surface area contributed by atoms with Gasteiger partial charge in [0.05, 0.1) is 12.6 Å². The monoisotopic (exact) mass is 283 g/mol. The van der Waals surface area contributed by atoms with Crippen LogP contribution in [0.15, 0.2) is 6.20 Å². The molecule has 1 aromatic rings. The molecule has 5 nitrogen and oxygen atoms in total. The van der Waals surface area contributed by atoms with E-state index in [-0.39, 0.29) is 18.2 Å². The van der Waals surface area contributed by atoms with Crippen LogP contribution in [0.1, 0.15) is 42.5 Å². The number of aliphatic hydroxyl groups excluding tert-OH is 1. The average Bonchev–Trinajstić information content (AvgIpc) is 2.87. The van der Waals surface area contributed by atoms with E-state index in [0.717, 1.165) is 37.1 Å². The van der Waals surface area contributed by atoms with E-state index in [4.69, 9.17) is 0 Å². The van der Waals surface area contributed by atoms with Crippen LogP contribution in [-0.4, -0.2) is 28.3 Å². The number of urea groups is 1. The molecule has 0 bridgehead atoms. The number of rotatable bonds is 4. The zero-order valence-corrected chi connectivity index (χ0v) is 12.0. The molecule has 0 saturated heterocycles. The van der Waals surface area contributed by atoms with Crippen LogP contribution in [0.25, 0.3) is 0 Å². The second kappa shape index (κ2) is 6.86. The molecule has 3 N–H and O–H groups in total. The fraction of sp³-hybridized carbons (Fsp3) is 0.692. The van der Waals surface area contributed by atoms with Gasteiger partial charge in [0.2, 0.25) is 0 Å². The van der Waals surface area contributed by atoms with Gasteiger partial charge in [0.1, 0.15) is 5.01 Å². The first-order chi connectivity index (χ1) is 9.17. The van der Waals surface area contributed by atoms with Crippen molar-refractivity contribution in [3.8, 4) is 0 Å². The minimum absolute atomic E-state index is 0.144. The Morgan fingerprint density at radius 3 is 2.84 bits per heavy atom. The maximum atomic E-state index is 11.7. The lowest BCUT2D eigenvalue weighted by Gasteiger charge is -2.26. The van der Waals surface area contributed by atoms with Crippen LogP contribution in [-0.2, 0) is 13.0 Å². The number of carbonyl (C=O) groups excluding carboxylic acids is 1. The number of aromatic nitrogens is 1. The van der Waals surface area contributed by atoms with Crippen LogP contribution < -0.4 is 10.6 Å². The topological polar surface area (TPSA) is 74.2 Å². The molecule has 2 rings (SSSR count). The summed E-state index contributed by atoms with van der Waals surface area (Å²) in [5, 5.41) is 16.1. The van der Waals surface area contributed by atoms with E-state index in [9.17, 15) is 9.90 Å². The van der Waals surface area contributed by atoms with E-state index < -0.39 is 0 Å². The lowest BCUT2D eigenvalue weighted by Crippen LogP contribution is -2.43. The molecular weight excluding hydrogens is 262 g/mol. The van der Waals surface area contributed by atoms with Gasteiger partial charge >= 0.3 is 6.03 Å². The average molecular weight is 283 g/mol. The molecule has 6 heteroatoms. The summed E-state index contributed by atoms with van der Waals surface area (Å²) >= 11 is 1.63. The predicted octanol–water partition coefficient (Wildman–Crippen LogP) is 1.81. The van der Waals surface area contributed by atoms with E-state index in [2.05, 4.69) is 22.5 Å². The van der Waals surface area contributed by atoms with Gasteiger partial charge in [-0.05, 0) is 32.1 Å². The van der Waals surface area contributed by atoms with Crippen molar-refractivity contribution in [2.24, 2.45) is 0 Å². The van der Waals surface area contributed by atoms with Crippen molar-refractivity contribution >= 4 is 17.4 Å². The lowest BCUT2D eigenvalue weighted by atomic mass is 9.93. The van der Waals surface area contributed by atoms with Gasteiger partial charge in [-0.1, -0.05) is 6.92 Å². The lowest BCUT2D eigenvalue weighted by molar-refractivity contribution is 0.117. The smallest absolute Gasteiger partial charge is 0.315 e. The van der Waals surface area contributed by atoms with E-state index in [0.29, 0.717) is 6.54 Å². The number of hydrogen-bond donors (Lipinski definition) is 3. The van der Waals surface area contributed by atoms with Gasteiger partial charge in [0.15, 0.2) is 0 Å². The van der Waals surface area contributed by atoms with Gasteiger partial charge < -0.3 is 15.7 Å². The first-order valence-corrected chi connectivity index (χ1v) is 7.65. The number of hydrogen-bond acceptors (Lipinski definition) is 4. The normalized spacial score (nSPS) is 23.1. The quantitative estimate of drug-likeness (QED) is 0.789. The molecule has 0 aromatic carbocycles. The first-order valence-electron chi connectivity index (χ1n) is 6.83. The number of aryl methyl sites for hydroxylation is 1. The molecule has 0 spiro atoms. The Hall–Kier alpha value is -1.14. The van der Waals surface area contributed by atoms with E-state index in [1.807, 2.05) is 6.20 Å². The highest BCUT2D eigenvalue weighted by atomic mass is 32.1. The molecule has 1 heterocycles. The third-order valence-corrected chi connectivity index (χ3v) is 4.52. The number of amides is 2. The van der Waals surface area contributed by atoms with Crippen molar-refractivity contribution in [3.05, 3.63) is 16.1 Å². The number of thiazole rings is 1. The van der Waals surface area contributed by atoms with Gasteiger partial charge in [-0.2, -0.15) is 0 Å². The summed E-state index contributed by atoms with van der Waals surface area (Å²) in [4.78, 5) is 17.2. The summed E-state index contributed by atoms with van der Waals surface area (Å²) < 4.78 is 0. The zero-order chi connectivity index (χ0) is 13.7. The molecule has 0 unspecified atom stereocenters. The SMILES string of the molecule is CCc1cnc(CNC(=O)NC2CCC(O)CC2)s1. The fourth-order valence-electron chi connectivity index (χ4n) is 2.21. The molecule has 0 aliphatic heterocycles. The summed E-state index contributed by atoms with van der Waals surface area (Å²) in [6.45, 7) is 2.57. The maximum Gasteiger partial charge on any atom is 0.315 e. The fourth-order valence-corrected chi connectivity index (χ4v) is 3.01. The van der Waals surface area contributed by atoms with Crippen LogP contribution in [0.5, 0.6) is 0 Å². The minimum Gasteiger partial charge on any atom is -0.393 e. The molecule has 1 aromatic heterocycles. The second-order valence-corrected chi connectivity index (χ2v) is 6.11. The summed E-state index contributed by atoms with van der Waals surface area (Å²) in [5.74, 6) is 0. The molecule has 2 amide bonds. The largest absolute Gasteiger partial charge is 0.393 e. The summed E-state index contributed by atoms with van der Waals surface area (Å²) in [6, 6.07) is 0.0422. The van der Waals surface area contributed by atoms with Gasteiger partial charge in [-0.15, -0.1) is 11.3 Å². The van der Waals surface area contributed by atoms with Crippen molar-refractivity contribution in [2.45, 2.75) is 57.7 Å². The van der Waals surface area contributed by atoms with Crippen molar-refractivity contribution < 1.29 is 9.90 Å². The van der Waals surface area contributed by atoms with Crippen LogP contribution in [0.4, 0.5) is 4.79 Å². The minimum atomic E-state index is -0.191. The van der Waals surface area contributed by atoms with Crippen LogP contribution in [0.2, 0.25) is 0 Å². The molecule has 1 aliphatic carbocycles. The van der Waals surface area contributed by atoms with Crippen LogP contribution >= 0.6 is 11.3 Å². The van der Waals surface area contributed by atoms with E-state index in [1.54, 1.807) is 11.3 Å². The molecule has 106 valence electrons. The van der Waals surface area contributed by atoms with Crippen LogP contribution in [0, 0.1) is 0 Å². The molecule has 1 aliphatic rings. The predicted molar refractivity (Wildman–Crippen MR) is 75.1 cm³/mol. The highest BCUT2D eigenvalue weighted by molar-refractivity contribution is 7.11. The first kappa shape index (κ1) is 14.3. The Morgan fingerprint density at radius 2 is 2.21 bits per heavy atom. The summed E-state index contributed by atoms with van der Waals surface area (Å²) in [7, 11) is 0. The van der Waals surface area contributed by atoms with Crippen molar-refractivity contribution in [1.29, 1.82) is 0 Å². The van der Waals surface area contributed by atoms with Gasteiger partial charge in [0, 0.05) is 17.1 Å². The van der Waals surface area contributed by atoms with Gasteiger partial charge in [0.25, 0.3) is 0 Å². The molecule has 1 saturated carbocycles. The maximum absolute atomic E-state index is 11.7. The van der Waals surface area contributed by atoms with Crippen molar-refractivity contribution in [3.63, 3.8) is 0 Å². The Morgan fingerprint density at radius 1 is 1.47 bits per heavy atom. The highest BCUT2D eigenvalue weighted by Gasteiger charge is 2.20. The second-order valence-electron chi connectivity index (χ2n) is 4.91. The highest BCUT2D eigenvalue weighted by Crippen LogP contribution is 2.18. The van der Waals surface area contributed by atoms with Crippen LogP contribution in [0.3, 0.4) is 0 Å². The zero-order valence-electron chi connectivity index (χ0n) is 11.2. The van der Waals surface area contributed by atoms with Gasteiger partial charge in [-0.25, -0.2) is 9.78 Å².